The zero-order chi connectivity index (χ0) is 11.3. The molecule has 1 heterocycles. The van der Waals surface area contributed by atoms with Crippen LogP contribution in [0.5, 0.6) is 0 Å². The Kier molecular flexibility index (Phi) is 4.30. The van der Waals surface area contributed by atoms with Gasteiger partial charge < -0.3 is 11.1 Å². The van der Waals surface area contributed by atoms with Crippen molar-refractivity contribution in [3.63, 3.8) is 0 Å². The number of aromatic nitrogens is 2. The highest BCUT2D eigenvalue weighted by molar-refractivity contribution is 5.82. The summed E-state index contributed by atoms with van der Waals surface area (Å²) in [5, 5.41) is 6.76. The van der Waals surface area contributed by atoms with Crippen LogP contribution in [0, 0.1) is 0 Å². The standard InChI is InChI=1S/C10H18N4O/c1-3-4-5-12-10(15)9(11)8-6-13-14(2)7-8/h6-7,9H,3-5,11H2,1-2H3,(H,12,15). The minimum absolute atomic E-state index is 0.142. The zero-order valence-corrected chi connectivity index (χ0v) is 9.23. The van der Waals surface area contributed by atoms with Gasteiger partial charge in [-0.2, -0.15) is 5.10 Å². The first kappa shape index (κ1) is 11.7. The minimum atomic E-state index is -0.615. The Hall–Kier alpha value is -1.36. The molecule has 84 valence electrons. The van der Waals surface area contributed by atoms with Crippen LogP contribution in [0.15, 0.2) is 12.4 Å². The molecule has 1 atom stereocenters. The fourth-order valence-electron chi connectivity index (χ4n) is 1.25. The summed E-state index contributed by atoms with van der Waals surface area (Å²) >= 11 is 0. The van der Waals surface area contributed by atoms with E-state index >= 15 is 0 Å². The summed E-state index contributed by atoms with van der Waals surface area (Å²) in [6.45, 7) is 2.76. The number of carbonyl (C=O) groups excluding carboxylic acids is 1. The molecule has 0 radical (unpaired) electrons. The van der Waals surface area contributed by atoms with Crippen LogP contribution in [0.25, 0.3) is 0 Å². The number of unbranched alkanes of at least 4 members (excludes halogenated alkanes) is 1. The summed E-state index contributed by atoms with van der Waals surface area (Å²) in [5.74, 6) is -0.142. The Balaban J connectivity index is 2.46. The van der Waals surface area contributed by atoms with Gasteiger partial charge >= 0.3 is 0 Å². The van der Waals surface area contributed by atoms with Gasteiger partial charge in [-0.3, -0.25) is 9.48 Å². The third kappa shape index (κ3) is 3.36. The second-order valence-corrected chi connectivity index (χ2v) is 3.57. The Labute approximate surface area is 89.6 Å². The van der Waals surface area contributed by atoms with Gasteiger partial charge in [-0.1, -0.05) is 13.3 Å². The third-order valence-corrected chi connectivity index (χ3v) is 2.20. The Morgan fingerprint density at radius 1 is 1.73 bits per heavy atom. The Bertz CT molecular complexity index is 321. The molecule has 1 rings (SSSR count). The molecule has 0 saturated carbocycles. The fraction of sp³-hybridized carbons (Fsp3) is 0.600. The van der Waals surface area contributed by atoms with E-state index < -0.39 is 6.04 Å². The predicted octanol–water partition coefficient (Wildman–Crippen LogP) is 0.336. The van der Waals surface area contributed by atoms with E-state index in [1.54, 1.807) is 24.1 Å². The van der Waals surface area contributed by atoms with Crippen molar-refractivity contribution in [1.29, 1.82) is 0 Å². The maximum absolute atomic E-state index is 11.6. The van der Waals surface area contributed by atoms with Crippen LogP contribution in [0.1, 0.15) is 31.4 Å². The van der Waals surface area contributed by atoms with Crippen LogP contribution < -0.4 is 11.1 Å². The molecule has 0 bridgehead atoms. The van der Waals surface area contributed by atoms with E-state index in [0.29, 0.717) is 6.54 Å². The SMILES string of the molecule is CCCCNC(=O)C(N)c1cnn(C)c1. The molecule has 0 fully saturated rings. The highest BCUT2D eigenvalue weighted by atomic mass is 16.2. The first-order valence-corrected chi connectivity index (χ1v) is 5.17. The van der Waals surface area contributed by atoms with Gasteiger partial charge in [-0.05, 0) is 6.42 Å². The second kappa shape index (κ2) is 5.50. The first-order chi connectivity index (χ1) is 7.15. The van der Waals surface area contributed by atoms with Crippen LogP contribution in [0.3, 0.4) is 0 Å². The Morgan fingerprint density at radius 3 is 3.00 bits per heavy atom. The van der Waals surface area contributed by atoms with E-state index in [1.807, 2.05) is 0 Å². The molecular weight excluding hydrogens is 192 g/mol. The van der Waals surface area contributed by atoms with E-state index in [1.165, 1.54) is 0 Å². The summed E-state index contributed by atoms with van der Waals surface area (Å²) in [4.78, 5) is 11.6. The quantitative estimate of drug-likeness (QED) is 0.688. The number of amides is 1. The molecule has 5 nitrogen and oxygen atoms in total. The van der Waals surface area contributed by atoms with Crippen molar-refractivity contribution in [2.24, 2.45) is 12.8 Å². The maximum Gasteiger partial charge on any atom is 0.241 e. The minimum Gasteiger partial charge on any atom is -0.354 e. The largest absolute Gasteiger partial charge is 0.354 e. The molecule has 0 aliphatic carbocycles. The fourth-order valence-corrected chi connectivity index (χ4v) is 1.25. The second-order valence-electron chi connectivity index (χ2n) is 3.57. The van der Waals surface area contributed by atoms with Gasteiger partial charge in [-0.25, -0.2) is 0 Å². The molecule has 5 heteroatoms. The number of rotatable bonds is 5. The van der Waals surface area contributed by atoms with E-state index in [4.69, 9.17) is 5.73 Å². The van der Waals surface area contributed by atoms with Crippen LogP contribution in [-0.4, -0.2) is 22.2 Å². The smallest absolute Gasteiger partial charge is 0.241 e. The van der Waals surface area contributed by atoms with Crippen LogP contribution in [-0.2, 0) is 11.8 Å². The van der Waals surface area contributed by atoms with Crippen LogP contribution in [0.4, 0.5) is 0 Å². The highest BCUT2D eigenvalue weighted by Gasteiger charge is 2.16. The topological polar surface area (TPSA) is 72.9 Å². The van der Waals surface area contributed by atoms with Crippen molar-refractivity contribution in [2.45, 2.75) is 25.8 Å². The van der Waals surface area contributed by atoms with Gasteiger partial charge in [0, 0.05) is 25.4 Å². The van der Waals surface area contributed by atoms with E-state index in [9.17, 15) is 4.79 Å². The molecule has 3 N–H and O–H groups in total. The molecule has 1 aromatic rings. The zero-order valence-electron chi connectivity index (χ0n) is 9.23. The molecule has 1 aromatic heterocycles. The summed E-state index contributed by atoms with van der Waals surface area (Å²) in [7, 11) is 1.80. The number of hydrogen-bond donors (Lipinski definition) is 2. The van der Waals surface area contributed by atoms with Gasteiger partial charge in [0.05, 0.1) is 6.20 Å². The number of carbonyl (C=O) groups is 1. The van der Waals surface area contributed by atoms with Crippen LogP contribution in [0.2, 0.25) is 0 Å². The molecule has 15 heavy (non-hydrogen) atoms. The average Bonchev–Trinajstić information content (AvgIpc) is 2.64. The number of aryl methyl sites for hydroxylation is 1. The number of nitrogens with one attached hydrogen (secondary N) is 1. The van der Waals surface area contributed by atoms with Crippen molar-refractivity contribution in [1.82, 2.24) is 15.1 Å². The molecule has 1 amide bonds. The van der Waals surface area contributed by atoms with E-state index in [0.717, 1.165) is 18.4 Å². The lowest BCUT2D eigenvalue weighted by molar-refractivity contribution is -0.122. The van der Waals surface area contributed by atoms with Gasteiger partial charge in [0.1, 0.15) is 6.04 Å². The molecule has 0 aliphatic rings. The number of hydrogen-bond acceptors (Lipinski definition) is 3. The highest BCUT2D eigenvalue weighted by Crippen LogP contribution is 2.07. The van der Waals surface area contributed by atoms with Crippen molar-refractivity contribution >= 4 is 5.91 Å². The molecule has 0 aromatic carbocycles. The monoisotopic (exact) mass is 210 g/mol. The number of nitrogens with zero attached hydrogens (tertiary/aromatic N) is 2. The van der Waals surface area contributed by atoms with Gasteiger partial charge in [0.25, 0.3) is 0 Å². The molecule has 1 unspecified atom stereocenters. The van der Waals surface area contributed by atoms with Crippen molar-refractivity contribution in [3.05, 3.63) is 18.0 Å². The van der Waals surface area contributed by atoms with Crippen LogP contribution >= 0.6 is 0 Å². The van der Waals surface area contributed by atoms with Gasteiger partial charge in [0.15, 0.2) is 0 Å². The first-order valence-electron chi connectivity index (χ1n) is 5.17. The average molecular weight is 210 g/mol. The van der Waals surface area contributed by atoms with Gasteiger partial charge in [0.2, 0.25) is 5.91 Å². The van der Waals surface area contributed by atoms with E-state index in [-0.39, 0.29) is 5.91 Å². The van der Waals surface area contributed by atoms with Gasteiger partial charge in [-0.15, -0.1) is 0 Å². The summed E-state index contributed by atoms with van der Waals surface area (Å²) in [6.07, 6.45) is 5.40. The normalized spacial score (nSPS) is 12.5. The third-order valence-electron chi connectivity index (χ3n) is 2.20. The Morgan fingerprint density at radius 2 is 2.47 bits per heavy atom. The summed E-state index contributed by atoms with van der Waals surface area (Å²) in [5.41, 5.74) is 6.51. The van der Waals surface area contributed by atoms with E-state index in [2.05, 4.69) is 17.3 Å². The lowest BCUT2D eigenvalue weighted by Crippen LogP contribution is -2.34. The lowest BCUT2D eigenvalue weighted by atomic mass is 10.1. The number of nitrogens with two attached hydrogens (primary N) is 1. The molecular formula is C10H18N4O. The predicted molar refractivity (Wildman–Crippen MR) is 58.1 cm³/mol. The summed E-state index contributed by atoms with van der Waals surface area (Å²) < 4.78 is 1.63. The molecule has 0 aliphatic heterocycles. The van der Waals surface area contributed by atoms with Crippen molar-refractivity contribution in [3.8, 4) is 0 Å². The van der Waals surface area contributed by atoms with Crippen molar-refractivity contribution in [2.75, 3.05) is 6.54 Å². The summed E-state index contributed by atoms with van der Waals surface area (Å²) in [6, 6.07) is -0.615. The maximum atomic E-state index is 11.6. The molecule has 0 saturated heterocycles. The van der Waals surface area contributed by atoms with Crippen molar-refractivity contribution < 1.29 is 4.79 Å². The lowest BCUT2D eigenvalue weighted by Gasteiger charge is -2.09. The molecule has 0 spiro atoms.